The summed E-state index contributed by atoms with van der Waals surface area (Å²) in [7, 11) is 2.38. The van der Waals surface area contributed by atoms with Crippen molar-refractivity contribution in [1.82, 2.24) is 4.90 Å². The van der Waals surface area contributed by atoms with E-state index in [1.807, 2.05) is 0 Å². The van der Waals surface area contributed by atoms with Gasteiger partial charge in [0.05, 0.1) is 16.5 Å². The molecule has 0 aliphatic carbocycles. The number of methoxy groups -OCH3 is 1. The van der Waals surface area contributed by atoms with Crippen molar-refractivity contribution in [1.29, 1.82) is 0 Å². The number of rotatable bonds is 4. The van der Waals surface area contributed by atoms with Crippen LogP contribution in [0.2, 0.25) is 0 Å². The van der Waals surface area contributed by atoms with Crippen LogP contribution < -0.4 is 0 Å². The third-order valence-electron chi connectivity index (χ3n) is 3.17. The van der Waals surface area contributed by atoms with E-state index in [2.05, 4.69) is 20.7 Å². The van der Waals surface area contributed by atoms with Crippen molar-refractivity contribution in [2.45, 2.75) is 45.0 Å². The summed E-state index contributed by atoms with van der Waals surface area (Å²) in [5, 5.41) is 0.960. The van der Waals surface area contributed by atoms with E-state index in [1.165, 1.54) is 7.05 Å². The fourth-order valence-corrected chi connectivity index (χ4v) is 3.44. The number of alkyl halides is 3. The lowest BCUT2D eigenvalue weighted by molar-refractivity contribution is -0.147. The first kappa shape index (κ1) is 21.8. The minimum atomic E-state index is -4.57. The van der Waals surface area contributed by atoms with Crippen molar-refractivity contribution in [2.24, 2.45) is 0 Å². The highest BCUT2D eigenvalue weighted by molar-refractivity contribution is 9.11. The molecule has 0 saturated carbocycles. The minimum absolute atomic E-state index is 0.108. The number of hydrogen-bond donors (Lipinski definition) is 0. The molecule has 0 fully saturated rings. The predicted octanol–water partition coefficient (Wildman–Crippen LogP) is 4.48. The largest absolute Gasteiger partial charge is 0.467 e. The lowest BCUT2D eigenvalue weighted by Crippen LogP contribution is -2.46. The van der Waals surface area contributed by atoms with Gasteiger partial charge in [-0.05, 0) is 42.3 Å². The van der Waals surface area contributed by atoms with Crippen molar-refractivity contribution in [3.63, 3.8) is 0 Å². The molecular weight excluding hydrogens is 427 g/mol. The Labute approximate surface area is 156 Å². The zero-order valence-corrected chi connectivity index (χ0v) is 16.8. The van der Waals surface area contributed by atoms with Gasteiger partial charge in [0.1, 0.15) is 11.6 Å². The van der Waals surface area contributed by atoms with Gasteiger partial charge in [0.15, 0.2) is 0 Å². The normalized spacial score (nSPS) is 13.3. The maximum Gasteiger partial charge on any atom is 0.417 e. The van der Waals surface area contributed by atoms with Gasteiger partial charge >= 0.3 is 18.2 Å². The summed E-state index contributed by atoms with van der Waals surface area (Å²) >= 11 is 3.94. The molecule has 1 aromatic heterocycles. The van der Waals surface area contributed by atoms with Gasteiger partial charge in [0, 0.05) is 18.8 Å². The number of carbonyl (C=O) groups is 2. The zero-order chi connectivity index (χ0) is 19.6. The monoisotopic (exact) mass is 445 g/mol. The van der Waals surface area contributed by atoms with Crippen LogP contribution in [0.3, 0.4) is 0 Å². The summed E-state index contributed by atoms with van der Waals surface area (Å²) in [6.07, 6.45) is -5.76. The molecule has 0 aromatic carbocycles. The van der Waals surface area contributed by atoms with Crippen molar-refractivity contribution < 1.29 is 32.2 Å². The maximum absolute atomic E-state index is 13.1. The topological polar surface area (TPSA) is 55.8 Å². The highest BCUT2D eigenvalue weighted by Crippen LogP contribution is 2.40. The number of hydrogen-bond acceptors (Lipinski definition) is 5. The van der Waals surface area contributed by atoms with E-state index >= 15 is 0 Å². The van der Waals surface area contributed by atoms with Gasteiger partial charge in [0.25, 0.3) is 0 Å². The molecule has 1 heterocycles. The number of thiophene rings is 1. The molecule has 1 amide bonds. The number of amides is 1. The summed E-state index contributed by atoms with van der Waals surface area (Å²) < 4.78 is 49.5. The molecule has 142 valence electrons. The average molecular weight is 446 g/mol. The van der Waals surface area contributed by atoms with Gasteiger partial charge in [0.2, 0.25) is 0 Å². The van der Waals surface area contributed by atoms with Crippen molar-refractivity contribution in [3.8, 4) is 0 Å². The van der Waals surface area contributed by atoms with E-state index < -0.39 is 35.4 Å². The lowest BCUT2D eigenvalue weighted by atomic mass is 10.0. The second kappa shape index (κ2) is 7.94. The van der Waals surface area contributed by atoms with Crippen LogP contribution in [0.15, 0.2) is 9.17 Å². The van der Waals surface area contributed by atoms with Crippen LogP contribution in [0.5, 0.6) is 0 Å². The summed E-state index contributed by atoms with van der Waals surface area (Å²) in [6.45, 7) is 4.93. The number of esters is 1. The first-order valence-electron chi connectivity index (χ1n) is 7.14. The average Bonchev–Trinajstić information content (AvgIpc) is 2.82. The highest BCUT2D eigenvalue weighted by Gasteiger charge is 2.39. The Morgan fingerprint density at radius 3 is 2.32 bits per heavy atom. The zero-order valence-electron chi connectivity index (χ0n) is 14.4. The van der Waals surface area contributed by atoms with Crippen molar-refractivity contribution in [2.75, 3.05) is 14.2 Å². The molecular formula is C15H19BrF3NO4S. The van der Waals surface area contributed by atoms with E-state index in [4.69, 9.17) is 4.74 Å². The smallest absolute Gasteiger partial charge is 0.417 e. The van der Waals surface area contributed by atoms with Crippen LogP contribution in [-0.4, -0.2) is 42.8 Å². The van der Waals surface area contributed by atoms with Gasteiger partial charge in [-0.15, -0.1) is 11.3 Å². The molecule has 0 bridgehead atoms. The molecule has 0 N–H and O–H groups in total. The molecule has 0 spiro atoms. The van der Waals surface area contributed by atoms with E-state index in [-0.39, 0.29) is 15.8 Å². The molecule has 0 saturated heterocycles. The van der Waals surface area contributed by atoms with Crippen LogP contribution in [0, 0.1) is 0 Å². The van der Waals surface area contributed by atoms with E-state index in [0.717, 1.165) is 28.7 Å². The summed E-state index contributed by atoms with van der Waals surface area (Å²) in [5.41, 5.74) is -1.77. The Morgan fingerprint density at radius 2 is 1.88 bits per heavy atom. The predicted molar refractivity (Wildman–Crippen MR) is 90.5 cm³/mol. The van der Waals surface area contributed by atoms with E-state index in [0.29, 0.717) is 0 Å². The first-order valence-corrected chi connectivity index (χ1v) is 8.82. The Hall–Kier alpha value is -1.29. The Balaban J connectivity index is 3.16. The molecule has 25 heavy (non-hydrogen) atoms. The maximum atomic E-state index is 13.1. The number of carbonyl (C=O) groups excluding carboxylic acids is 2. The fraction of sp³-hybridized carbons (Fsp3) is 0.600. The fourth-order valence-electron chi connectivity index (χ4n) is 1.96. The minimum Gasteiger partial charge on any atom is -0.467 e. The molecule has 10 heteroatoms. The quantitative estimate of drug-likeness (QED) is 0.641. The van der Waals surface area contributed by atoms with Gasteiger partial charge in [-0.3, -0.25) is 4.90 Å². The Morgan fingerprint density at radius 1 is 1.32 bits per heavy atom. The number of halogens is 4. The summed E-state index contributed by atoms with van der Waals surface area (Å²) in [4.78, 5) is 25.2. The van der Waals surface area contributed by atoms with Crippen molar-refractivity contribution in [3.05, 3.63) is 20.3 Å². The first-order chi connectivity index (χ1) is 11.3. The van der Waals surface area contributed by atoms with E-state index in [1.54, 1.807) is 20.8 Å². The third-order valence-corrected chi connectivity index (χ3v) is 5.01. The molecule has 5 nitrogen and oxygen atoms in total. The Bertz CT molecular complexity index is 640. The standard InChI is InChI=1S/C15H19BrF3NO4S/c1-14(2,3)24-13(22)20(4)10(12(21)23-5)6-8-9(15(17,18)19)7-25-11(8)16/h7,10H,6H2,1-5H3. The molecule has 0 aliphatic rings. The SMILES string of the molecule is COC(=O)C(Cc1c(C(F)(F)F)csc1Br)N(C)C(=O)OC(C)(C)C. The lowest BCUT2D eigenvalue weighted by Gasteiger charge is -2.29. The van der Waals surface area contributed by atoms with E-state index in [9.17, 15) is 22.8 Å². The van der Waals surface area contributed by atoms with Gasteiger partial charge in [-0.25, -0.2) is 9.59 Å². The van der Waals surface area contributed by atoms with Gasteiger partial charge in [-0.1, -0.05) is 0 Å². The van der Waals surface area contributed by atoms with Crippen LogP contribution in [0.4, 0.5) is 18.0 Å². The highest BCUT2D eigenvalue weighted by atomic mass is 79.9. The van der Waals surface area contributed by atoms with Crippen LogP contribution in [-0.2, 0) is 26.9 Å². The Kier molecular flexibility index (Phi) is 6.91. The number of nitrogens with zero attached hydrogens (tertiary/aromatic N) is 1. The van der Waals surface area contributed by atoms with Gasteiger partial charge < -0.3 is 9.47 Å². The second-order valence-electron chi connectivity index (χ2n) is 6.23. The van der Waals surface area contributed by atoms with Crippen LogP contribution in [0.1, 0.15) is 31.9 Å². The van der Waals surface area contributed by atoms with Crippen LogP contribution >= 0.6 is 27.3 Å². The summed E-state index contributed by atoms with van der Waals surface area (Å²) in [5.74, 6) is -0.834. The summed E-state index contributed by atoms with van der Waals surface area (Å²) in [6, 6.07) is -1.26. The molecule has 1 rings (SSSR count). The molecule has 0 aliphatic heterocycles. The number of likely N-dealkylation sites (N-methyl/N-ethyl adjacent to an activating group) is 1. The molecule has 1 aromatic rings. The van der Waals surface area contributed by atoms with Gasteiger partial charge in [-0.2, -0.15) is 13.2 Å². The molecule has 1 atom stereocenters. The van der Waals surface area contributed by atoms with Crippen molar-refractivity contribution >= 4 is 39.3 Å². The second-order valence-corrected chi connectivity index (χ2v) is 8.43. The third kappa shape index (κ3) is 5.88. The number of ether oxygens (including phenoxy) is 2. The molecule has 1 unspecified atom stereocenters. The molecule has 0 radical (unpaired) electrons. The van der Waals surface area contributed by atoms with Crippen LogP contribution in [0.25, 0.3) is 0 Å².